The largest absolute Gasteiger partial charge is 0.416 e. The van der Waals surface area contributed by atoms with Crippen molar-refractivity contribution in [1.29, 1.82) is 0 Å². The number of rotatable bonds is 2. The van der Waals surface area contributed by atoms with E-state index in [0.717, 1.165) is 25.6 Å². The fourth-order valence-electron chi connectivity index (χ4n) is 3.36. The molecule has 0 saturated carbocycles. The van der Waals surface area contributed by atoms with Crippen molar-refractivity contribution in [2.24, 2.45) is 0 Å². The molecule has 2 fully saturated rings. The van der Waals surface area contributed by atoms with Gasteiger partial charge in [-0.1, -0.05) is 6.07 Å². The third-order valence-electron chi connectivity index (χ3n) is 4.44. The van der Waals surface area contributed by atoms with Crippen molar-refractivity contribution in [3.8, 4) is 0 Å². The summed E-state index contributed by atoms with van der Waals surface area (Å²) < 4.78 is 39.2. The molecular weight excluding hydrogens is 267 g/mol. The number of halogens is 3. The molecule has 0 aromatic heterocycles. The highest BCUT2D eigenvalue weighted by atomic mass is 19.4. The number of likely N-dealkylation sites (tertiary alicyclic amines) is 2. The van der Waals surface area contributed by atoms with Crippen LogP contribution in [0, 0.1) is 0 Å². The third kappa shape index (κ3) is 2.38. The Morgan fingerprint density at radius 3 is 2.55 bits per heavy atom. The molecule has 3 rings (SSSR count). The number of nitrogens with zero attached hydrogens (tertiary/aromatic N) is 2. The highest BCUT2D eigenvalue weighted by molar-refractivity contribution is 5.46. The fraction of sp³-hybridized carbons (Fsp3) is 0.571. The summed E-state index contributed by atoms with van der Waals surface area (Å²) in [7, 11) is 2.08. The maximum absolute atomic E-state index is 13.1. The second kappa shape index (κ2) is 4.63. The quantitative estimate of drug-likeness (QED) is 0.845. The number of nitrogens with two attached hydrogens (primary N) is 1. The smallest absolute Gasteiger partial charge is 0.399 e. The molecule has 2 atom stereocenters. The zero-order chi connectivity index (χ0) is 14.5. The van der Waals surface area contributed by atoms with E-state index in [1.807, 2.05) is 0 Å². The first kappa shape index (κ1) is 13.7. The number of alkyl halides is 3. The molecule has 2 heterocycles. The Morgan fingerprint density at radius 1 is 1.25 bits per heavy atom. The lowest BCUT2D eigenvalue weighted by Crippen LogP contribution is -2.44. The highest BCUT2D eigenvalue weighted by Gasteiger charge is 2.42. The summed E-state index contributed by atoms with van der Waals surface area (Å²) in [5.74, 6) is 0. The van der Waals surface area contributed by atoms with E-state index in [2.05, 4.69) is 16.8 Å². The van der Waals surface area contributed by atoms with E-state index in [1.54, 1.807) is 6.07 Å². The summed E-state index contributed by atoms with van der Waals surface area (Å²) in [6.45, 7) is 2.15. The molecule has 0 aliphatic carbocycles. The molecule has 110 valence electrons. The Hall–Kier alpha value is -1.27. The van der Waals surface area contributed by atoms with Crippen LogP contribution in [0.25, 0.3) is 0 Å². The van der Waals surface area contributed by atoms with E-state index in [4.69, 9.17) is 5.73 Å². The van der Waals surface area contributed by atoms with Crippen molar-refractivity contribution in [2.75, 3.05) is 25.9 Å². The lowest BCUT2D eigenvalue weighted by Gasteiger charge is -2.32. The van der Waals surface area contributed by atoms with Crippen LogP contribution in [0.3, 0.4) is 0 Å². The number of anilines is 1. The van der Waals surface area contributed by atoms with Crippen LogP contribution in [-0.2, 0) is 12.7 Å². The number of hydrogen-bond acceptors (Lipinski definition) is 3. The van der Waals surface area contributed by atoms with Gasteiger partial charge in [0.05, 0.1) is 5.56 Å². The van der Waals surface area contributed by atoms with E-state index in [0.29, 0.717) is 24.2 Å². The molecule has 0 spiro atoms. The standard InChI is InChI=1S/C14H18F3N3/c1-19-7-12-5-11(19)8-20(12)6-9-2-3-10(18)4-13(9)14(15,16)17/h2-4,11-12H,5-8,18H2,1H3. The monoisotopic (exact) mass is 285 g/mol. The highest BCUT2D eigenvalue weighted by Crippen LogP contribution is 2.36. The van der Waals surface area contributed by atoms with Gasteiger partial charge in [-0.3, -0.25) is 4.90 Å². The van der Waals surface area contributed by atoms with Gasteiger partial charge in [-0.25, -0.2) is 0 Å². The molecule has 2 N–H and O–H groups in total. The zero-order valence-electron chi connectivity index (χ0n) is 11.3. The Balaban J connectivity index is 1.82. The number of piperazine rings is 1. The zero-order valence-corrected chi connectivity index (χ0v) is 11.3. The minimum atomic E-state index is -4.35. The molecule has 6 heteroatoms. The normalized spacial score (nSPS) is 27.4. The molecule has 20 heavy (non-hydrogen) atoms. The molecule has 2 aliphatic rings. The van der Waals surface area contributed by atoms with Gasteiger partial charge in [0.15, 0.2) is 0 Å². The van der Waals surface area contributed by atoms with E-state index in [-0.39, 0.29) is 5.69 Å². The van der Waals surface area contributed by atoms with E-state index < -0.39 is 11.7 Å². The minimum Gasteiger partial charge on any atom is -0.399 e. The Morgan fingerprint density at radius 2 is 2.00 bits per heavy atom. The van der Waals surface area contributed by atoms with E-state index in [1.165, 1.54) is 6.07 Å². The predicted molar refractivity (Wildman–Crippen MR) is 71.1 cm³/mol. The van der Waals surface area contributed by atoms with E-state index in [9.17, 15) is 13.2 Å². The van der Waals surface area contributed by atoms with Gasteiger partial charge < -0.3 is 10.6 Å². The predicted octanol–water partition coefficient (Wildman–Crippen LogP) is 2.18. The molecule has 0 amide bonds. The summed E-state index contributed by atoms with van der Waals surface area (Å²) in [6.07, 6.45) is -3.28. The number of benzene rings is 1. The maximum atomic E-state index is 13.1. The third-order valence-corrected chi connectivity index (χ3v) is 4.44. The molecule has 2 aliphatic heterocycles. The average Bonchev–Trinajstić information content (AvgIpc) is 2.89. The van der Waals surface area contributed by atoms with Crippen molar-refractivity contribution < 1.29 is 13.2 Å². The first-order chi connectivity index (χ1) is 9.34. The molecule has 0 radical (unpaired) electrons. The molecule has 1 aromatic carbocycles. The van der Waals surface area contributed by atoms with Gasteiger partial charge in [-0.05, 0) is 31.2 Å². The number of nitrogen functional groups attached to an aromatic ring is 1. The van der Waals surface area contributed by atoms with Gasteiger partial charge in [0.25, 0.3) is 0 Å². The second-order valence-electron chi connectivity index (χ2n) is 5.83. The van der Waals surface area contributed by atoms with Crippen molar-refractivity contribution in [3.63, 3.8) is 0 Å². The first-order valence-electron chi connectivity index (χ1n) is 6.74. The lowest BCUT2D eigenvalue weighted by molar-refractivity contribution is -0.138. The van der Waals surface area contributed by atoms with Gasteiger partial charge in [-0.2, -0.15) is 13.2 Å². The SMILES string of the molecule is CN1CC2CC1CN2Cc1ccc(N)cc1C(F)(F)F. The van der Waals surface area contributed by atoms with Crippen molar-refractivity contribution in [3.05, 3.63) is 29.3 Å². The molecular formula is C14H18F3N3. The Labute approximate surface area is 116 Å². The lowest BCUT2D eigenvalue weighted by atomic mass is 10.0. The van der Waals surface area contributed by atoms with Crippen LogP contribution in [0.5, 0.6) is 0 Å². The molecule has 2 bridgehead atoms. The molecule has 2 saturated heterocycles. The summed E-state index contributed by atoms with van der Waals surface area (Å²) in [6, 6.07) is 4.96. The summed E-state index contributed by atoms with van der Waals surface area (Å²) >= 11 is 0. The van der Waals surface area contributed by atoms with Gasteiger partial charge >= 0.3 is 6.18 Å². The van der Waals surface area contributed by atoms with Gasteiger partial charge in [-0.15, -0.1) is 0 Å². The summed E-state index contributed by atoms with van der Waals surface area (Å²) in [5, 5.41) is 0. The van der Waals surface area contributed by atoms with Gasteiger partial charge in [0.2, 0.25) is 0 Å². The van der Waals surface area contributed by atoms with Crippen molar-refractivity contribution in [2.45, 2.75) is 31.2 Å². The molecule has 1 aromatic rings. The van der Waals surface area contributed by atoms with Gasteiger partial charge in [0.1, 0.15) is 0 Å². The molecule has 2 unspecified atom stereocenters. The maximum Gasteiger partial charge on any atom is 0.416 e. The number of likely N-dealkylation sites (N-methyl/N-ethyl adjacent to an activating group) is 1. The summed E-state index contributed by atoms with van der Waals surface area (Å²) in [5.41, 5.74) is 5.37. The fourth-order valence-corrected chi connectivity index (χ4v) is 3.36. The van der Waals surface area contributed by atoms with Crippen LogP contribution in [0.2, 0.25) is 0 Å². The van der Waals surface area contributed by atoms with Gasteiger partial charge in [0, 0.05) is 37.4 Å². The average molecular weight is 285 g/mol. The van der Waals surface area contributed by atoms with Crippen LogP contribution < -0.4 is 5.73 Å². The first-order valence-corrected chi connectivity index (χ1v) is 6.74. The van der Waals surface area contributed by atoms with Crippen molar-refractivity contribution in [1.82, 2.24) is 9.80 Å². The second-order valence-corrected chi connectivity index (χ2v) is 5.83. The number of fused-ring (bicyclic) bond motifs is 2. The van der Waals surface area contributed by atoms with Crippen LogP contribution in [0.15, 0.2) is 18.2 Å². The number of hydrogen-bond donors (Lipinski definition) is 1. The van der Waals surface area contributed by atoms with Crippen LogP contribution >= 0.6 is 0 Å². The van der Waals surface area contributed by atoms with E-state index >= 15 is 0 Å². The minimum absolute atomic E-state index is 0.156. The Kier molecular flexibility index (Phi) is 3.17. The molecule has 3 nitrogen and oxygen atoms in total. The topological polar surface area (TPSA) is 32.5 Å². The van der Waals surface area contributed by atoms with Crippen LogP contribution in [0.4, 0.5) is 18.9 Å². The Bertz CT molecular complexity index is 513. The van der Waals surface area contributed by atoms with Crippen LogP contribution in [0.1, 0.15) is 17.5 Å². The summed E-state index contributed by atoms with van der Waals surface area (Å²) in [4.78, 5) is 4.44. The van der Waals surface area contributed by atoms with Crippen molar-refractivity contribution >= 4 is 5.69 Å². The van der Waals surface area contributed by atoms with Crippen LogP contribution in [-0.4, -0.2) is 42.0 Å².